The minimum atomic E-state index is -4.29. The van der Waals surface area contributed by atoms with Crippen LogP contribution in [0.5, 0.6) is 0 Å². The van der Waals surface area contributed by atoms with Crippen molar-refractivity contribution >= 4 is 44.8 Å². The Kier molecular flexibility index (Phi) is 10.1. The molecule has 0 saturated heterocycles. The van der Waals surface area contributed by atoms with Gasteiger partial charge >= 0.3 is 0 Å². The van der Waals surface area contributed by atoms with Gasteiger partial charge in [0.05, 0.1) is 15.5 Å². The zero-order valence-corrected chi connectivity index (χ0v) is 24.9. The molecule has 10 nitrogen and oxygen atoms in total. The summed E-state index contributed by atoms with van der Waals surface area (Å²) in [5.74, 6) is -1.05. The van der Waals surface area contributed by atoms with E-state index >= 15 is 0 Å². The van der Waals surface area contributed by atoms with Gasteiger partial charge in [-0.05, 0) is 63.1 Å². The van der Waals surface area contributed by atoms with Gasteiger partial charge in [0.15, 0.2) is 0 Å². The summed E-state index contributed by atoms with van der Waals surface area (Å²) in [7, 11) is -4.29. The number of halogens is 1. The Bertz CT molecular complexity index is 1490. The lowest BCUT2D eigenvalue weighted by Crippen LogP contribution is -2.55. The number of anilines is 1. The van der Waals surface area contributed by atoms with Crippen LogP contribution in [0.1, 0.15) is 39.7 Å². The quantitative estimate of drug-likeness (QED) is 0.239. The molecule has 3 aromatic rings. The SMILES string of the molecule is CC[C@H](C(=O)NC(C)(C)C)N(Cc1ccccc1Cl)C(=O)CN(c1ccc([N+](=O)[O-])cc1)S(=O)(=O)c1ccccc1. The van der Waals surface area contributed by atoms with E-state index < -0.39 is 44.9 Å². The standard InChI is InChI=1S/C29H33ClN4O6S/c1-5-26(28(36)31-29(2,3)4)32(19-21-11-9-10-14-25(21)30)27(35)20-33(22-15-17-23(18-16-22)34(37)38)41(39,40)24-12-7-6-8-13-24/h6-18,26H,5,19-20H2,1-4H3,(H,31,36)/t26-/m1/s1. The first-order valence-corrected chi connectivity index (χ1v) is 14.7. The monoisotopic (exact) mass is 600 g/mol. The number of non-ortho nitro benzene ring substituents is 1. The average Bonchev–Trinajstić information content (AvgIpc) is 2.92. The second-order valence-corrected chi connectivity index (χ2v) is 12.6. The van der Waals surface area contributed by atoms with Crippen molar-refractivity contribution in [1.29, 1.82) is 0 Å². The Labute approximate surface area is 245 Å². The number of carbonyl (C=O) groups excluding carboxylic acids is 2. The summed E-state index contributed by atoms with van der Waals surface area (Å²) in [4.78, 5) is 39.3. The van der Waals surface area contributed by atoms with Gasteiger partial charge < -0.3 is 10.2 Å². The highest BCUT2D eigenvalue weighted by molar-refractivity contribution is 7.92. The molecule has 0 spiro atoms. The first kappa shape index (κ1) is 31.6. The van der Waals surface area contributed by atoms with Crippen LogP contribution < -0.4 is 9.62 Å². The van der Waals surface area contributed by atoms with Gasteiger partial charge in [-0.1, -0.05) is 54.9 Å². The number of rotatable bonds is 11. The molecule has 41 heavy (non-hydrogen) atoms. The fraction of sp³-hybridized carbons (Fsp3) is 0.310. The van der Waals surface area contributed by atoms with Crippen LogP contribution in [0.4, 0.5) is 11.4 Å². The highest BCUT2D eigenvalue weighted by atomic mass is 35.5. The largest absolute Gasteiger partial charge is 0.350 e. The third-order valence-corrected chi connectivity index (χ3v) is 8.30. The molecule has 3 rings (SSSR count). The van der Waals surface area contributed by atoms with Crippen molar-refractivity contribution in [2.75, 3.05) is 10.8 Å². The lowest BCUT2D eigenvalue weighted by atomic mass is 10.1. The Morgan fingerprint density at radius 3 is 2.10 bits per heavy atom. The highest BCUT2D eigenvalue weighted by Gasteiger charge is 2.35. The lowest BCUT2D eigenvalue weighted by Gasteiger charge is -2.35. The summed E-state index contributed by atoms with van der Waals surface area (Å²) in [6.45, 7) is 6.50. The number of amides is 2. The van der Waals surface area contributed by atoms with Crippen molar-refractivity contribution in [3.05, 3.63) is 99.6 Å². The second kappa shape index (κ2) is 13.1. The molecule has 0 heterocycles. The molecule has 218 valence electrons. The Morgan fingerprint density at radius 1 is 0.976 bits per heavy atom. The number of nitrogens with zero attached hydrogens (tertiary/aromatic N) is 3. The zero-order valence-electron chi connectivity index (χ0n) is 23.3. The van der Waals surface area contributed by atoms with Crippen LogP contribution in [0, 0.1) is 10.1 Å². The van der Waals surface area contributed by atoms with E-state index in [0.29, 0.717) is 10.6 Å². The number of carbonyl (C=O) groups is 2. The molecule has 0 aliphatic rings. The second-order valence-electron chi connectivity index (χ2n) is 10.4. The molecule has 12 heteroatoms. The topological polar surface area (TPSA) is 130 Å². The van der Waals surface area contributed by atoms with Gasteiger partial charge in [-0.25, -0.2) is 8.42 Å². The maximum Gasteiger partial charge on any atom is 0.269 e. The van der Waals surface area contributed by atoms with Gasteiger partial charge in [0, 0.05) is 29.2 Å². The number of hydrogen-bond donors (Lipinski definition) is 1. The van der Waals surface area contributed by atoms with E-state index in [1.54, 1.807) is 49.4 Å². The van der Waals surface area contributed by atoms with Gasteiger partial charge in [-0.2, -0.15) is 0 Å². The molecule has 0 aliphatic carbocycles. The molecule has 2 amide bonds. The van der Waals surface area contributed by atoms with Gasteiger partial charge in [0.25, 0.3) is 15.7 Å². The molecule has 0 saturated carbocycles. The van der Waals surface area contributed by atoms with Crippen LogP contribution in [0.25, 0.3) is 0 Å². The molecular formula is C29H33ClN4O6S. The maximum atomic E-state index is 14.1. The van der Waals surface area contributed by atoms with Crippen molar-refractivity contribution in [3.63, 3.8) is 0 Å². The van der Waals surface area contributed by atoms with E-state index in [4.69, 9.17) is 11.6 Å². The number of sulfonamides is 1. The van der Waals surface area contributed by atoms with Crippen LogP contribution in [-0.2, 0) is 26.2 Å². The summed E-state index contributed by atoms with van der Waals surface area (Å²) in [5.41, 5.74) is -0.178. The van der Waals surface area contributed by atoms with E-state index in [9.17, 15) is 28.1 Å². The van der Waals surface area contributed by atoms with Crippen LogP contribution in [-0.4, -0.2) is 48.2 Å². The minimum Gasteiger partial charge on any atom is -0.350 e. The van der Waals surface area contributed by atoms with E-state index in [0.717, 1.165) is 4.31 Å². The molecule has 0 aromatic heterocycles. The van der Waals surface area contributed by atoms with Crippen molar-refractivity contribution in [2.45, 2.75) is 57.1 Å². The summed E-state index contributed by atoms with van der Waals surface area (Å²) in [6, 6.07) is 18.4. The molecule has 0 unspecified atom stereocenters. The van der Waals surface area contributed by atoms with E-state index in [1.165, 1.54) is 41.3 Å². The summed E-state index contributed by atoms with van der Waals surface area (Å²) < 4.78 is 28.5. The number of nitro benzene ring substituents is 1. The van der Waals surface area contributed by atoms with Gasteiger partial charge in [0.1, 0.15) is 12.6 Å². The molecule has 0 radical (unpaired) electrons. The zero-order chi connectivity index (χ0) is 30.4. The predicted octanol–water partition coefficient (Wildman–Crippen LogP) is 5.17. The Hall–Kier alpha value is -3.96. The number of hydrogen-bond acceptors (Lipinski definition) is 6. The van der Waals surface area contributed by atoms with Crippen molar-refractivity contribution in [2.24, 2.45) is 0 Å². The maximum absolute atomic E-state index is 14.1. The van der Waals surface area contributed by atoms with Crippen LogP contribution in [0.15, 0.2) is 83.8 Å². The van der Waals surface area contributed by atoms with Crippen LogP contribution in [0.3, 0.4) is 0 Å². The number of nitro groups is 1. The van der Waals surface area contributed by atoms with E-state index in [1.807, 2.05) is 20.8 Å². The number of nitrogens with one attached hydrogen (secondary N) is 1. The van der Waals surface area contributed by atoms with E-state index in [2.05, 4.69) is 5.32 Å². The fourth-order valence-electron chi connectivity index (χ4n) is 4.17. The summed E-state index contributed by atoms with van der Waals surface area (Å²) in [6.07, 6.45) is 0.251. The first-order chi connectivity index (χ1) is 19.2. The normalized spacial score (nSPS) is 12.3. The molecule has 0 aliphatic heterocycles. The lowest BCUT2D eigenvalue weighted by molar-refractivity contribution is -0.384. The Morgan fingerprint density at radius 2 is 1.56 bits per heavy atom. The number of benzene rings is 3. The molecule has 3 aromatic carbocycles. The average molecular weight is 601 g/mol. The van der Waals surface area contributed by atoms with Gasteiger partial charge in [0.2, 0.25) is 11.8 Å². The highest BCUT2D eigenvalue weighted by Crippen LogP contribution is 2.27. The molecular weight excluding hydrogens is 568 g/mol. The summed E-state index contributed by atoms with van der Waals surface area (Å²) in [5, 5.41) is 14.5. The fourth-order valence-corrected chi connectivity index (χ4v) is 5.80. The van der Waals surface area contributed by atoms with E-state index in [-0.39, 0.29) is 29.2 Å². The Balaban J connectivity index is 2.09. The van der Waals surface area contributed by atoms with Crippen molar-refractivity contribution in [1.82, 2.24) is 10.2 Å². The molecule has 0 fully saturated rings. The predicted molar refractivity (Wildman–Crippen MR) is 158 cm³/mol. The minimum absolute atomic E-state index is 0.0476. The third kappa shape index (κ3) is 8.05. The van der Waals surface area contributed by atoms with Crippen LogP contribution in [0.2, 0.25) is 5.02 Å². The first-order valence-electron chi connectivity index (χ1n) is 12.9. The third-order valence-electron chi connectivity index (χ3n) is 6.14. The molecule has 0 bridgehead atoms. The van der Waals surface area contributed by atoms with Gasteiger partial charge in [-0.3, -0.25) is 24.0 Å². The van der Waals surface area contributed by atoms with Crippen LogP contribution >= 0.6 is 11.6 Å². The molecule has 1 N–H and O–H groups in total. The smallest absolute Gasteiger partial charge is 0.269 e. The van der Waals surface area contributed by atoms with Crippen molar-refractivity contribution < 1.29 is 22.9 Å². The van der Waals surface area contributed by atoms with Gasteiger partial charge in [-0.15, -0.1) is 0 Å². The summed E-state index contributed by atoms with van der Waals surface area (Å²) >= 11 is 6.40. The van der Waals surface area contributed by atoms with Crippen molar-refractivity contribution in [3.8, 4) is 0 Å². The molecule has 1 atom stereocenters.